The SMILES string of the molecule is COc1cccc(OC)c1C(N)c1ccc(Br)c(Cl)c1F. The molecular weight excluding hydrogens is 361 g/mol. The minimum Gasteiger partial charge on any atom is -0.496 e. The van der Waals surface area contributed by atoms with E-state index in [1.165, 1.54) is 14.2 Å². The van der Waals surface area contributed by atoms with Crippen LogP contribution in [0.4, 0.5) is 4.39 Å². The van der Waals surface area contributed by atoms with Gasteiger partial charge in [-0.25, -0.2) is 4.39 Å². The highest BCUT2D eigenvalue weighted by molar-refractivity contribution is 9.10. The van der Waals surface area contributed by atoms with E-state index in [1.807, 2.05) is 0 Å². The number of nitrogens with two attached hydrogens (primary N) is 1. The van der Waals surface area contributed by atoms with Crippen LogP contribution in [0.1, 0.15) is 17.2 Å². The van der Waals surface area contributed by atoms with Crippen LogP contribution in [-0.4, -0.2) is 14.2 Å². The number of ether oxygens (including phenoxy) is 2. The predicted molar refractivity (Wildman–Crippen MR) is 84.7 cm³/mol. The van der Waals surface area contributed by atoms with Crippen LogP contribution in [-0.2, 0) is 0 Å². The Bertz CT molecular complexity index is 644. The van der Waals surface area contributed by atoms with Crippen LogP contribution in [0.5, 0.6) is 11.5 Å². The summed E-state index contributed by atoms with van der Waals surface area (Å²) in [5, 5.41) is -0.00295. The van der Waals surface area contributed by atoms with Crippen LogP contribution in [0, 0.1) is 5.82 Å². The van der Waals surface area contributed by atoms with Gasteiger partial charge in [0, 0.05) is 10.0 Å². The average molecular weight is 375 g/mol. The smallest absolute Gasteiger partial charge is 0.148 e. The number of hydrogen-bond acceptors (Lipinski definition) is 3. The molecule has 0 spiro atoms. The van der Waals surface area contributed by atoms with Gasteiger partial charge in [0.05, 0.1) is 30.8 Å². The number of halogens is 3. The Hall–Kier alpha value is -1.30. The van der Waals surface area contributed by atoms with Crippen LogP contribution in [0.15, 0.2) is 34.8 Å². The highest BCUT2D eigenvalue weighted by Gasteiger charge is 2.23. The Kier molecular flexibility index (Phi) is 5.08. The highest BCUT2D eigenvalue weighted by Crippen LogP contribution is 2.38. The van der Waals surface area contributed by atoms with E-state index in [2.05, 4.69) is 15.9 Å². The van der Waals surface area contributed by atoms with E-state index in [0.717, 1.165) is 0 Å². The van der Waals surface area contributed by atoms with Gasteiger partial charge < -0.3 is 15.2 Å². The van der Waals surface area contributed by atoms with Gasteiger partial charge in [-0.15, -0.1) is 0 Å². The third kappa shape index (κ3) is 3.00. The molecule has 2 rings (SSSR count). The van der Waals surface area contributed by atoms with Gasteiger partial charge in [0.1, 0.15) is 17.3 Å². The van der Waals surface area contributed by atoms with E-state index in [0.29, 0.717) is 21.5 Å². The van der Waals surface area contributed by atoms with Crippen molar-refractivity contribution in [3.63, 3.8) is 0 Å². The largest absolute Gasteiger partial charge is 0.496 e. The second kappa shape index (κ2) is 6.64. The molecule has 0 radical (unpaired) electrons. The van der Waals surface area contributed by atoms with Gasteiger partial charge in [-0.2, -0.15) is 0 Å². The van der Waals surface area contributed by atoms with Crippen molar-refractivity contribution in [3.8, 4) is 11.5 Å². The van der Waals surface area contributed by atoms with E-state index in [1.54, 1.807) is 30.3 Å². The normalized spacial score (nSPS) is 12.1. The van der Waals surface area contributed by atoms with Gasteiger partial charge in [-0.1, -0.05) is 23.7 Å². The lowest BCUT2D eigenvalue weighted by Crippen LogP contribution is -2.16. The molecule has 3 nitrogen and oxygen atoms in total. The molecule has 21 heavy (non-hydrogen) atoms. The Morgan fingerprint density at radius 3 is 2.24 bits per heavy atom. The maximum Gasteiger partial charge on any atom is 0.148 e. The van der Waals surface area contributed by atoms with Crippen molar-refractivity contribution in [1.29, 1.82) is 0 Å². The minimum absolute atomic E-state index is 0.00295. The van der Waals surface area contributed by atoms with E-state index in [9.17, 15) is 4.39 Å². The van der Waals surface area contributed by atoms with Crippen molar-refractivity contribution in [2.24, 2.45) is 5.73 Å². The Morgan fingerprint density at radius 1 is 1.14 bits per heavy atom. The summed E-state index contributed by atoms with van der Waals surface area (Å²) < 4.78 is 25.4. The molecule has 0 bridgehead atoms. The summed E-state index contributed by atoms with van der Waals surface area (Å²) in [6.45, 7) is 0. The molecule has 0 aliphatic heterocycles. The standard InChI is InChI=1S/C15H14BrClFNO2/c1-20-10-4-3-5-11(21-2)12(10)15(19)8-6-7-9(16)13(17)14(8)18/h3-7,15H,19H2,1-2H3. The first-order valence-corrected chi connectivity index (χ1v) is 7.28. The summed E-state index contributed by atoms with van der Waals surface area (Å²) >= 11 is 9.10. The predicted octanol–water partition coefficient (Wildman–Crippen LogP) is 4.31. The molecule has 1 unspecified atom stereocenters. The highest BCUT2D eigenvalue weighted by atomic mass is 79.9. The van der Waals surface area contributed by atoms with Gasteiger partial charge in [-0.3, -0.25) is 0 Å². The third-order valence-corrected chi connectivity index (χ3v) is 4.44. The molecular formula is C15H14BrClFNO2. The number of rotatable bonds is 4. The molecule has 0 saturated carbocycles. The summed E-state index contributed by atoms with van der Waals surface area (Å²) in [6.07, 6.45) is 0. The van der Waals surface area contributed by atoms with Crippen LogP contribution in [0.25, 0.3) is 0 Å². The van der Waals surface area contributed by atoms with Crippen molar-refractivity contribution in [1.82, 2.24) is 0 Å². The van der Waals surface area contributed by atoms with Gasteiger partial charge in [0.15, 0.2) is 0 Å². The van der Waals surface area contributed by atoms with Gasteiger partial charge in [0.25, 0.3) is 0 Å². The maximum absolute atomic E-state index is 14.3. The van der Waals surface area contributed by atoms with E-state index in [4.69, 9.17) is 26.8 Å². The molecule has 0 aliphatic carbocycles. The fourth-order valence-electron chi connectivity index (χ4n) is 2.12. The second-order valence-electron chi connectivity index (χ2n) is 4.32. The van der Waals surface area contributed by atoms with Gasteiger partial charge >= 0.3 is 0 Å². The summed E-state index contributed by atoms with van der Waals surface area (Å²) in [4.78, 5) is 0. The molecule has 0 fully saturated rings. The zero-order valence-electron chi connectivity index (χ0n) is 11.5. The van der Waals surface area contributed by atoms with Crippen molar-refractivity contribution in [2.45, 2.75) is 6.04 Å². The van der Waals surface area contributed by atoms with Crippen molar-refractivity contribution < 1.29 is 13.9 Å². The van der Waals surface area contributed by atoms with Crippen molar-refractivity contribution in [3.05, 3.63) is 56.8 Å². The van der Waals surface area contributed by atoms with Crippen LogP contribution < -0.4 is 15.2 Å². The lowest BCUT2D eigenvalue weighted by Gasteiger charge is -2.20. The Morgan fingerprint density at radius 2 is 1.71 bits per heavy atom. The van der Waals surface area contributed by atoms with Crippen LogP contribution >= 0.6 is 27.5 Å². The number of hydrogen-bond donors (Lipinski definition) is 1. The lowest BCUT2D eigenvalue weighted by atomic mass is 9.97. The van der Waals surface area contributed by atoms with Crippen LogP contribution in [0.3, 0.4) is 0 Å². The van der Waals surface area contributed by atoms with E-state index in [-0.39, 0.29) is 10.6 Å². The van der Waals surface area contributed by atoms with Crippen molar-refractivity contribution >= 4 is 27.5 Å². The monoisotopic (exact) mass is 373 g/mol. The summed E-state index contributed by atoms with van der Waals surface area (Å²) in [7, 11) is 3.05. The zero-order valence-corrected chi connectivity index (χ0v) is 13.8. The summed E-state index contributed by atoms with van der Waals surface area (Å²) in [6, 6.07) is 7.75. The molecule has 0 amide bonds. The first-order valence-electron chi connectivity index (χ1n) is 6.11. The molecule has 2 aromatic carbocycles. The summed E-state index contributed by atoms with van der Waals surface area (Å²) in [5.74, 6) is 0.493. The Balaban J connectivity index is 2.60. The minimum atomic E-state index is -0.762. The second-order valence-corrected chi connectivity index (χ2v) is 5.55. The van der Waals surface area contributed by atoms with Crippen molar-refractivity contribution in [2.75, 3.05) is 14.2 Å². The fourth-order valence-corrected chi connectivity index (χ4v) is 2.60. The molecule has 0 saturated heterocycles. The quantitative estimate of drug-likeness (QED) is 0.811. The molecule has 112 valence electrons. The molecule has 6 heteroatoms. The molecule has 2 aromatic rings. The Labute approximate surface area is 135 Å². The molecule has 0 aromatic heterocycles. The van der Waals surface area contributed by atoms with E-state index < -0.39 is 11.9 Å². The number of benzene rings is 2. The van der Waals surface area contributed by atoms with E-state index >= 15 is 0 Å². The summed E-state index contributed by atoms with van der Waals surface area (Å²) in [5.41, 5.74) is 7.05. The lowest BCUT2D eigenvalue weighted by molar-refractivity contribution is 0.381. The maximum atomic E-state index is 14.3. The fraction of sp³-hybridized carbons (Fsp3) is 0.200. The van der Waals surface area contributed by atoms with Gasteiger partial charge in [-0.05, 0) is 34.1 Å². The molecule has 1 atom stereocenters. The van der Waals surface area contributed by atoms with Crippen LogP contribution in [0.2, 0.25) is 5.02 Å². The third-order valence-electron chi connectivity index (χ3n) is 3.18. The average Bonchev–Trinajstić information content (AvgIpc) is 2.51. The molecule has 0 aliphatic rings. The molecule has 2 N–H and O–H groups in total. The topological polar surface area (TPSA) is 44.5 Å². The molecule has 0 heterocycles. The first-order chi connectivity index (χ1) is 10.0. The zero-order chi connectivity index (χ0) is 15.6. The van der Waals surface area contributed by atoms with Gasteiger partial charge in [0.2, 0.25) is 0 Å². The number of methoxy groups -OCH3 is 2. The first kappa shape index (κ1) is 16.1.